The van der Waals surface area contributed by atoms with Crippen molar-refractivity contribution in [2.24, 2.45) is 0 Å². The van der Waals surface area contributed by atoms with Crippen LogP contribution < -0.4 is 15.4 Å². The molecule has 1 saturated heterocycles. The van der Waals surface area contributed by atoms with Gasteiger partial charge < -0.3 is 24.8 Å². The van der Waals surface area contributed by atoms with Crippen molar-refractivity contribution >= 4 is 28.9 Å². The summed E-state index contributed by atoms with van der Waals surface area (Å²) in [7, 11) is 1.53. The van der Waals surface area contributed by atoms with E-state index in [9.17, 15) is 18.0 Å². The zero-order valence-electron chi connectivity index (χ0n) is 21.4. The third-order valence-corrected chi connectivity index (χ3v) is 7.05. The predicted octanol–water partition coefficient (Wildman–Crippen LogP) is 5.90. The number of alkyl halides is 3. The number of nitrogens with one attached hydrogen (secondary N) is 2. The standard InChI is InChI=1S/C29H26F3N5O2S/c1-39-24-13-3-2-10-21(24)34-25(38)14-17-37-27(26(35-28(37)40)22-11-4-5-15-33-22)23-12-7-16-36(23)20-9-6-8-19(18-20)29(30,31)32/h2-13,15-16,18,26-27H,14,17H2,1H3,(H,34,38)(H,35,40)/t26-,27+/m0/s1. The van der Waals surface area contributed by atoms with Crippen LogP contribution in [0.4, 0.5) is 18.9 Å². The molecule has 1 amide bonds. The van der Waals surface area contributed by atoms with Gasteiger partial charge >= 0.3 is 6.18 Å². The first kappa shape index (κ1) is 27.2. The van der Waals surface area contributed by atoms with Gasteiger partial charge in [-0.05, 0) is 66.8 Å². The van der Waals surface area contributed by atoms with Gasteiger partial charge in [0.25, 0.3) is 0 Å². The van der Waals surface area contributed by atoms with Crippen molar-refractivity contribution in [3.63, 3.8) is 0 Å². The molecule has 0 radical (unpaired) electrons. The normalized spacial score (nSPS) is 17.0. The largest absolute Gasteiger partial charge is 0.495 e. The van der Waals surface area contributed by atoms with Crippen molar-refractivity contribution in [2.75, 3.05) is 19.0 Å². The number of ether oxygens (including phenoxy) is 1. The minimum absolute atomic E-state index is 0.107. The van der Waals surface area contributed by atoms with Crippen LogP contribution in [0.2, 0.25) is 0 Å². The first-order valence-corrected chi connectivity index (χ1v) is 12.9. The number of benzene rings is 2. The molecule has 206 valence electrons. The summed E-state index contributed by atoms with van der Waals surface area (Å²) in [5.41, 5.74) is 1.59. The second kappa shape index (κ2) is 11.4. The Bertz CT molecular complexity index is 1510. The number of thiocarbonyl (C=S) groups is 1. The van der Waals surface area contributed by atoms with E-state index in [2.05, 4.69) is 15.6 Å². The topological polar surface area (TPSA) is 71.4 Å². The Kier molecular flexibility index (Phi) is 7.74. The quantitative estimate of drug-likeness (QED) is 0.259. The van der Waals surface area contributed by atoms with Crippen LogP contribution >= 0.6 is 12.2 Å². The molecule has 2 N–H and O–H groups in total. The average Bonchev–Trinajstić information content (AvgIpc) is 3.56. The number of pyridine rings is 1. The van der Waals surface area contributed by atoms with Gasteiger partial charge in [-0.25, -0.2) is 0 Å². The number of hydrogen-bond donors (Lipinski definition) is 2. The third kappa shape index (κ3) is 5.64. The second-order valence-electron chi connectivity index (χ2n) is 9.17. The van der Waals surface area contributed by atoms with Crippen molar-refractivity contribution in [2.45, 2.75) is 24.7 Å². The molecule has 3 heterocycles. The number of rotatable bonds is 8. The van der Waals surface area contributed by atoms with Gasteiger partial charge in [0.2, 0.25) is 5.91 Å². The first-order valence-electron chi connectivity index (χ1n) is 12.5. The highest BCUT2D eigenvalue weighted by atomic mass is 32.1. The van der Waals surface area contributed by atoms with E-state index in [-0.39, 0.29) is 18.9 Å². The molecule has 0 bridgehead atoms. The lowest BCUT2D eigenvalue weighted by Gasteiger charge is -2.29. The van der Waals surface area contributed by atoms with E-state index in [1.165, 1.54) is 13.2 Å². The minimum atomic E-state index is -4.48. The van der Waals surface area contributed by atoms with Crippen LogP contribution in [0.25, 0.3) is 5.69 Å². The molecular formula is C29H26F3N5O2S. The zero-order chi connectivity index (χ0) is 28.3. The summed E-state index contributed by atoms with van der Waals surface area (Å²) >= 11 is 5.70. The third-order valence-electron chi connectivity index (χ3n) is 6.69. The highest BCUT2D eigenvalue weighted by Crippen LogP contribution is 2.40. The molecular weight excluding hydrogens is 539 g/mol. The van der Waals surface area contributed by atoms with Crippen LogP contribution in [0.1, 0.15) is 35.5 Å². The molecule has 0 saturated carbocycles. The van der Waals surface area contributed by atoms with Crippen molar-refractivity contribution in [3.05, 3.63) is 108 Å². The maximum atomic E-state index is 13.5. The van der Waals surface area contributed by atoms with Crippen LogP contribution in [0.5, 0.6) is 5.75 Å². The molecule has 0 unspecified atom stereocenters. The van der Waals surface area contributed by atoms with Crippen molar-refractivity contribution in [3.8, 4) is 11.4 Å². The van der Waals surface area contributed by atoms with Gasteiger partial charge in [0.15, 0.2) is 5.11 Å². The molecule has 2 aromatic carbocycles. The number of carbonyl (C=O) groups excluding carboxylic acids is 1. The zero-order valence-corrected chi connectivity index (χ0v) is 22.2. The summed E-state index contributed by atoms with van der Waals surface area (Å²) in [4.78, 5) is 19.3. The van der Waals surface area contributed by atoms with E-state index in [0.717, 1.165) is 12.1 Å². The molecule has 1 fully saturated rings. The fourth-order valence-electron chi connectivity index (χ4n) is 4.85. The number of nitrogens with zero attached hydrogens (tertiary/aromatic N) is 3. The molecule has 2 aromatic heterocycles. The lowest BCUT2D eigenvalue weighted by atomic mass is 10.0. The van der Waals surface area contributed by atoms with E-state index in [0.29, 0.717) is 33.6 Å². The number of aromatic nitrogens is 2. The molecule has 1 aliphatic rings. The summed E-state index contributed by atoms with van der Waals surface area (Å²) in [5, 5.41) is 6.61. The molecule has 1 aliphatic heterocycles. The molecule has 4 aromatic rings. The highest BCUT2D eigenvalue weighted by Gasteiger charge is 2.41. The van der Waals surface area contributed by atoms with Gasteiger partial charge in [-0.1, -0.05) is 24.3 Å². The van der Waals surface area contributed by atoms with Gasteiger partial charge in [-0.3, -0.25) is 9.78 Å². The number of carbonyl (C=O) groups is 1. The monoisotopic (exact) mass is 565 g/mol. The summed E-state index contributed by atoms with van der Waals surface area (Å²) in [6.07, 6.45) is -0.979. The lowest BCUT2D eigenvalue weighted by Crippen LogP contribution is -2.33. The van der Waals surface area contributed by atoms with Crippen LogP contribution in [-0.2, 0) is 11.0 Å². The van der Waals surface area contributed by atoms with E-state index < -0.39 is 23.8 Å². The molecule has 0 aliphatic carbocycles. The Morgan fingerprint density at radius 1 is 1.07 bits per heavy atom. The SMILES string of the molecule is COc1ccccc1NC(=O)CCN1C(=S)N[C@@H](c2ccccn2)[C@H]1c1cccn1-c1cccc(C(F)(F)F)c1. The van der Waals surface area contributed by atoms with Crippen LogP contribution in [0.15, 0.2) is 91.3 Å². The molecule has 7 nitrogen and oxygen atoms in total. The van der Waals surface area contributed by atoms with Gasteiger partial charge in [0.1, 0.15) is 5.75 Å². The van der Waals surface area contributed by atoms with Crippen LogP contribution in [-0.4, -0.2) is 39.1 Å². The first-order chi connectivity index (χ1) is 19.3. The Labute approximate surface area is 234 Å². The summed E-state index contributed by atoms with van der Waals surface area (Å²) in [5.74, 6) is 0.307. The number of methoxy groups -OCH3 is 1. The smallest absolute Gasteiger partial charge is 0.416 e. The van der Waals surface area contributed by atoms with Gasteiger partial charge in [0, 0.05) is 36.7 Å². The maximum absolute atomic E-state index is 13.5. The molecule has 0 spiro atoms. The number of amides is 1. The Hall–Kier alpha value is -4.38. The van der Waals surface area contributed by atoms with Crippen molar-refractivity contribution in [1.29, 1.82) is 0 Å². The highest BCUT2D eigenvalue weighted by molar-refractivity contribution is 7.80. The molecule has 11 heteroatoms. The number of anilines is 1. The van der Waals surface area contributed by atoms with Crippen molar-refractivity contribution in [1.82, 2.24) is 19.8 Å². The van der Waals surface area contributed by atoms with Crippen LogP contribution in [0.3, 0.4) is 0 Å². The van der Waals surface area contributed by atoms with E-state index >= 15 is 0 Å². The Balaban J connectivity index is 1.46. The maximum Gasteiger partial charge on any atom is 0.416 e. The van der Waals surface area contributed by atoms with Gasteiger partial charge in [0.05, 0.1) is 36.1 Å². The number of hydrogen-bond acceptors (Lipinski definition) is 4. The van der Waals surface area contributed by atoms with Crippen LogP contribution in [0, 0.1) is 0 Å². The Morgan fingerprint density at radius 2 is 1.88 bits per heavy atom. The number of para-hydroxylation sites is 2. The fraction of sp³-hybridized carbons (Fsp3) is 0.207. The van der Waals surface area contributed by atoms with E-state index in [4.69, 9.17) is 17.0 Å². The second-order valence-corrected chi connectivity index (χ2v) is 9.56. The molecule has 2 atom stereocenters. The minimum Gasteiger partial charge on any atom is -0.495 e. The summed E-state index contributed by atoms with van der Waals surface area (Å²) in [6, 6.07) is 20.6. The van der Waals surface area contributed by atoms with Gasteiger partial charge in [-0.2, -0.15) is 13.2 Å². The summed E-state index contributed by atoms with van der Waals surface area (Å²) in [6.45, 7) is 0.259. The average molecular weight is 566 g/mol. The molecule has 40 heavy (non-hydrogen) atoms. The number of halogens is 3. The Morgan fingerprint density at radius 3 is 2.62 bits per heavy atom. The van der Waals surface area contributed by atoms with Crippen molar-refractivity contribution < 1.29 is 22.7 Å². The van der Waals surface area contributed by atoms with E-state index in [1.54, 1.807) is 53.4 Å². The molecule has 5 rings (SSSR count). The van der Waals surface area contributed by atoms with E-state index in [1.807, 2.05) is 29.2 Å². The summed E-state index contributed by atoms with van der Waals surface area (Å²) < 4.78 is 47.5. The lowest BCUT2D eigenvalue weighted by molar-refractivity contribution is -0.137. The fourth-order valence-corrected chi connectivity index (χ4v) is 5.18. The predicted molar refractivity (Wildman–Crippen MR) is 149 cm³/mol. The van der Waals surface area contributed by atoms with Gasteiger partial charge in [-0.15, -0.1) is 0 Å².